The van der Waals surface area contributed by atoms with Crippen LogP contribution in [0.25, 0.3) is 11.3 Å². The number of nitrogens with one attached hydrogen (secondary N) is 1. The van der Waals surface area contributed by atoms with Gasteiger partial charge in [0, 0.05) is 12.0 Å². The van der Waals surface area contributed by atoms with Crippen molar-refractivity contribution in [3.8, 4) is 11.3 Å². The van der Waals surface area contributed by atoms with Crippen LogP contribution in [0.2, 0.25) is 0 Å². The molecule has 3 nitrogen and oxygen atoms in total. The van der Waals surface area contributed by atoms with Crippen LogP contribution in [0.5, 0.6) is 0 Å². The Morgan fingerprint density at radius 1 is 1.33 bits per heavy atom. The quantitative estimate of drug-likeness (QED) is 0.877. The van der Waals surface area contributed by atoms with Crippen LogP contribution >= 0.6 is 0 Å². The summed E-state index contributed by atoms with van der Waals surface area (Å²) in [6.45, 7) is 2.61. The highest BCUT2D eigenvalue weighted by atomic mass is 19.2. The van der Waals surface area contributed by atoms with Crippen LogP contribution in [-0.4, -0.2) is 16.5 Å². The molecule has 0 fully saturated rings. The standard InChI is InChI=1S/C13H15F2N3/c1-8(6-16)4-13-17-7-12(18-13)9-2-3-10(14)11(15)5-9/h2-3,5,7-8H,4,6,16H2,1H3,(H,17,18). The molecule has 0 bridgehead atoms. The van der Waals surface area contributed by atoms with Crippen molar-refractivity contribution in [3.05, 3.63) is 41.9 Å². The van der Waals surface area contributed by atoms with Crippen molar-refractivity contribution in [1.29, 1.82) is 0 Å². The lowest BCUT2D eigenvalue weighted by Gasteiger charge is -2.04. The largest absolute Gasteiger partial charge is 0.342 e. The van der Waals surface area contributed by atoms with Crippen molar-refractivity contribution >= 4 is 0 Å². The summed E-state index contributed by atoms with van der Waals surface area (Å²) in [5, 5.41) is 0. The van der Waals surface area contributed by atoms with Gasteiger partial charge in [-0.2, -0.15) is 0 Å². The topological polar surface area (TPSA) is 54.7 Å². The summed E-state index contributed by atoms with van der Waals surface area (Å²) in [5.41, 5.74) is 6.79. The third-order valence-electron chi connectivity index (χ3n) is 2.80. The lowest BCUT2D eigenvalue weighted by atomic mass is 10.1. The fourth-order valence-corrected chi connectivity index (χ4v) is 1.69. The molecule has 5 heteroatoms. The van der Waals surface area contributed by atoms with Crippen molar-refractivity contribution < 1.29 is 8.78 Å². The molecule has 0 amide bonds. The second kappa shape index (κ2) is 5.27. The van der Waals surface area contributed by atoms with E-state index in [2.05, 4.69) is 9.97 Å². The van der Waals surface area contributed by atoms with Gasteiger partial charge < -0.3 is 10.7 Å². The average Bonchev–Trinajstić information content (AvgIpc) is 2.81. The summed E-state index contributed by atoms with van der Waals surface area (Å²) in [6.07, 6.45) is 2.35. The Morgan fingerprint density at radius 2 is 2.11 bits per heavy atom. The van der Waals surface area contributed by atoms with Crippen molar-refractivity contribution in [2.24, 2.45) is 11.7 Å². The summed E-state index contributed by atoms with van der Waals surface area (Å²) < 4.78 is 25.9. The molecule has 1 aromatic carbocycles. The molecule has 0 aliphatic rings. The van der Waals surface area contributed by atoms with E-state index in [0.29, 0.717) is 23.7 Å². The number of imidazole rings is 1. The van der Waals surface area contributed by atoms with Gasteiger partial charge in [0.15, 0.2) is 11.6 Å². The van der Waals surface area contributed by atoms with Crippen molar-refractivity contribution in [1.82, 2.24) is 9.97 Å². The average molecular weight is 251 g/mol. The Balaban J connectivity index is 2.21. The van der Waals surface area contributed by atoms with E-state index in [0.717, 1.165) is 24.4 Å². The molecule has 0 aliphatic heterocycles. The highest BCUT2D eigenvalue weighted by molar-refractivity contribution is 5.58. The number of halogens is 2. The minimum atomic E-state index is -0.862. The molecule has 1 atom stereocenters. The number of hydrogen-bond acceptors (Lipinski definition) is 2. The molecule has 0 radical (unpaired) electrons. The van der Waals surface area contributed by atoms with Gasteiger partial charge in [-0.3, -0.25) is 0 Å². The number of H-pyrrole nitrogens is 1. The van der Waals surface area contributed by atoms with E-state index in [4.69, 9.17) is 5.73 Å². The highest BCUT2D eigenvalue weighted by Crippen LogP contribution is 2.20. The molecule has 0 aliphatic carbocycles. The molecule has 2 rings (SSSR count). The first-order valence-electron chi connectivity index (χ1n) is 5.79. The van der Waals surface area contributed by atoms with Gasteiger partial charge in [0.05, 0.1) is 11.9 Å². The number of rotatable bonds is 4. The minimum absolute atomic E-state index is 0.328. The van der Waals surface area contributed by atoms with Crippen LogP contribution in [0.3, 0.4) is 0 Å². The number of hydrogen-bond donors (Lipinski definition) is 2. The van der Waals surface area contributed by atoms with Crippen LogP contribution in [0, 0.1) is 17.6 Å². The number of nitrogens with zero attached hydrogens (tertiary/aromatic N) is 1. The normalized spacial score (nSPS) is 12.7. The molecule has 1 unspecified atom stereocenters. The maximum absolute atomic E-state index is 13.1. The lowest BCUT2D eigenvalue weighted by Crippen LogP contribution is -2.13. The predicted octanol–water partition coefficient (Wildman–Crippen LogP) is 2.49. The highest BCUT2D eigenvalue weighted by Gasteiger charge is 2.09. The Labute approximate surface area is 104 Å². The zero-order valence-electron chi connectivity index (χ0n) is 10.1. The van der Waals surface area contributed by atoms with Crippen LogP contribution in [0.4, 0.5) is 8.78 Å². The van der Waals surface area contributed by atoms with E-state index in [1.54, 1.807) is 6.20 Å². The molecule has 0 saturated heterocycles. The molecule has 1 aromatic heterocycles. The van der Waals surface area contributed by atoms with Crippen molar-refractivity contribution in [2.75, 3.05) is 6.54 Å². The van der Waals surface area contributed by atoms with E-state index in [-0.39, 0.29) is 0 Å². The van der Waals surface area contributed by atoms with Gasteiger partial charge in [-0.05, 0) is 30.7 Å². The molecular formula is C13H15F2N3. The van der Waals surface area contributed by atoms with Gasteiger partial charge in [-0.15, -0.1) is 0 Å². The van der Waals surface area contributed by atoms with Crippen molar-refractivity contribution in [3.63, 3.8) is 0 Å². The third-order valence-corrected chi connectivity index (χ3v) is 2.80. The maximum atomic E-state index is 13.1. The van der Waals surface area contributed by atoms with Gasteiger partial charge >= 0.3 is 0 Å². The number of benzene rings is 1. The first kappa shape index (κ1) is 12.7. The fourth-order valence-electron chi connectivity index (χ4n) is 1.69. The number of aromatic amines is 1. The second-order valence-electron chi connectivity index (χ2n) is 4.42. The third kappa shape index (κ3) is 2.73. The smallest absolute Gasteiger partial charge is 0.159 e. The van der Waals surface area contributed by atoms with Crippen LogP contribution in [0.15, 0.2) is 24.4 Å². The van der Waals surface area contributed by atoms with E-state index >= 15 is 0 Å². The maximum Gasteiger partial charge on any atom is 0.159 e. The minimum Gasteiger partial charge on any atom is -0.342 e. The zero-order chi connectivity index (χ0) is 13.1. The van der Waals surface area contributed by atoms with Gasteiger partial charge in [0.25, 0.3) is 0 Å². The van der Waals surface area contributed by atoms with Crippen LogP contribution < -0.4 is 5.73 Å². The van der Waals surface area contributed by atoms with E-state index < -0.39 is 11.6 Å². The Morgan fingerprint density at radius 3 is 2.78 bits per heavy atom. The van der Waals surface area contributed by atoms with Gasteiger partial charge in [-0.1, -0.05) is 6.92 Å². The van der Waals surface area contributed by atoms with E-state index in [9.17, 15) is 8.78 Å². The summed E-state index contributed by atoms with van der Waals surface area (Å²) in [4.78, 5) is 7.29. The summed E-state index contributed by atoms with van der Waals surface area (Å²) in [5.74, 6) is -0.587. The molecule has 3 N–H and O–H groups in total. The second-order valence-corrected chi connectivity index (χ2v) is 4.42. The Bertz CT molecular complexity index is 537. The SMILES string of the molecule is CC(CN)Cc1ncc(-c2ccc(F)c(F)c2)[nH]1. The first-order chi connectivity index (χ1) is 8.60. The predicted molar refractivity (Wildman–Crippen MR) is 65.9 cm³/mol. The Kier molecular flexibility index (Phi) is 3.72. The number of aromatic nitrogens is 2. The number of nitrogens with two attached hydrogens (primary N) is 1. The first-order valence-corrected chi connectivity index (χ1v) is 5.79. The summed E-state index contributed by atoms with van der Waals surface area (Å²) in [6, 6.07) is 3.77. The monoisotopic (exact) mass is 251 g/mol. The molecule has 18 heavy (non-hydrogen) atoms. The molecular weight excluding hydrogens is 236 g/mol. The fraction of sp³-hybridized carbons (Fsp3) is 0.308. The summed E-state index contributed by atoms with van der Waals surface area (Å²) >= 11 is 0. The molecule has 1 heterocycles. The van der Waals surface area contributed by atoms with Crippen molar-refractivity contribution in [2.45, 2.75) is 13.3 Å². The molecule has 0 saturated carbocycles. The van der Waals surface area contributed by atoms with Crippen LogP contribution in [0.1, 0.15) is 12.7 Å². The molecule has 0 spiro atoms. The van der Waals surface area contributed by atoms with E-state index in [1.165, 1.54) is 6.07 Å². The summed E-state index contributed by atoms with van der Waals surface area (Å²) in [7, 11) is 0. The lowest BCUT2D eigenvalue weighted by molar-refractivity contribution is 0.509. The van der Waals surface area contributed by atoms with E-state index in [1.807, 2.05) is 6.92 Å². The molecule has 96 valence electrons. The van der Waals surface area contributed by atoms with Gasteiger partial charge in [0.1, 0.15) is 5.82 Å². The Hall–Kier alpha value is -1.75. The zero-order valence-corrected chi connectivity index (χ0v) is 10.1. The van der Waals surface area contributed by atoms with Crippen LogP contribution in [-0.2, 0) is 6.42 Å². The van der Waals surface area contributed by atoms with Gasteiger partial charge in [-0.25, -0.2) is 13.8 Å². The van der Waals surface area contributed by atoms with Gasteiger partial charge in [0.2, 0.25) is 0 Å². The molecule has 2 aromatic rings.